The molecule has 0 saturated heterocycles. The number of halogens is 1. The number of amides is 1. The summed E-state index contributed by atoms with van der Waals surface area (Å²) < 4.78 is 0. The lowest BCUT2D eigenvalue weighted by Gasteiger charge is -2.20. The van der Waals surface area contributed by atoms with E-state index in [1.807, 2.05) is 26.8 Å². The third kappa shape index (κ3) is 4.28. The first kappa shape index (κ1) is 16.0. The van der Waals surface area contributed by atoms with Gasteiger partial charge in [-0.25, -0.2) is 9.97 Å². The van der Waals surface area contributed by atoms with Crippen LogP contribution in [0.4, 0.5) is 5.82 Å². The molecule has 1 amide bonds. The van der Waals surface area contributed by atoms with Crippen molar-refractivity contribution in [3.05, 3.63) is 16.2 Å². The fourth-order valence-corrected chi connectivity index (χ4v) is 3.07. The van der Waals surface area contributed by atoms with Crippen LogP contribution in [0, 0.1) is 0 Å². The molecule has 0 unspecified atom stereocenters. The monoisotopic (exact) mass is 326 g/mol. The van der Waals surface area contributed by atoms with Gasteiger partial charge in [0, 0.05) is 10.4 Å². The van der Waals surface area contributed by atoms with Crippen LogP contribution in [-0.2, 0) is 11.2 Å². The molecule has 0 aliphatic rings. The fraction of sp³-hybridized carbons (Fsp3) is 0.500. The maximum Gasteiger partial charge on any atom is 0.239 e. The molecule has 0 aliphatic heterocycles. The first-order valence-electron chi connectivity index (χ1n) is 6.79. The van der Waals surface area contributed by atoms with Crippen LogP contribution in [0.5, 0.6) is 0 Å². The number of thiophene rings is 1. The number of nitrogens with zero attached hydrogens (tertiary/aromatic N) is 2. The van der Waals surface area contributed by atoms with Gasteiger partial charge in [0.15, 0.2) is 0 Å². The third-order valence-electron chi connectivity index (χ3n) is 2.70. The molecule has 2 aromatic rings. The molecule has 2 N–H and O–H groups in total. The van der Waals surface area contributed by atoms with Crippen LogP contribution in [0.2, 0.25) is 5.28 Å². The van der Waals surface area contributed by atoms with E-state index in [4.69, 9.17) is 11.6 Å². The highest BCUT2D eigenvalue weighted by Gasteiger charge is 2.15. The summed E-state index contributed by atoms with van der Waals surface area (Å²) in [7, 11) is 0. The number of fused-ring (bicyclic) bond motifs is 1. The quantitative estimate of drug-likeness (QED) is 0.846. The second kappa shape index (κ2) is 6.15. The van der Waals surface area contributed by atoms with Crippen LogP contribution < -0.4 is 10.6 Å². The van der Waals surface area contributed by atoms with Gasteiger partial charge in [-0.05, 0) is 44.9 Å². The number of hydrogen-bond acceptors (Lipinski definition) is 5. The Kier molecular flexibility index (Phi) is 4.68. The Morgan fingerprint density at radius 3 is 2.71 bits per heavy atom. The van der Waals surface area contributed by atoms with Crippen LogP contribution >= 0.6 is 22.9 Å². The zero-order chi connectivity index (χ0) is 15.6. The Bertz CT molecular complexity index is 663. The van der Waals surface area contributed by atoms with Crippen LogP contribution in [-0.4, -0.2) is 28.0 Å². The minimum absolute atomic E-state index is 0.0867. The average molecular weight is 327 g/mol. The lowest BCUT2D eigenvalue weighted by molar-refractivity contribution is -0.120. The smallest absolute Gasteiger partial charge is 0.239 e. The van der Waals surface area contributed by atoms with Gasteiger partial charge in [0.1, 0.15) is 10.6 Å². The Morgan fingerprint density at radius 2 is 2.10 bits per heavy atom. The summed E-state index contributed by atoms with van der Waals surface area (Å²) in [6.07, 6.45) is 0.933. The summed E-state index contributed by atoms with van der Waals surface area (Å²) in [5.41, 5.74) is -0.255. The Balaban J connectivity index is 2.18. The molecule has 0 radical (unpaired) electrons. The maximum atomic E-state index is 11.9. The van der Waals surface area contributed by atoms with Gasteiger partial charge in [0.2, 0.25) is 11.2 Å². The Hall–Kier alpha value is -1.40. The number of carbonyl (C=O) groups is 1. The topological polar surface area (TPSA) is 66.9 Å². The largest absolute Gasteiger partial charge is 0.360 e. The summed E-state index contributed by atoms with van der Waals surface area (Å²) in [5, 5.41) is 7.03. The molecular formula is C14H19ClN4OS. The van der Waals surface area contributed by atoms with Gasteiger partial charge >= 0.3 is 0 Å². The van der Waals surface area contributed by atoms with E-state index in [1.54, 1.807) is 11.3 Å². The molecule has 21 heavy (non-hydrogen) atoms. The molecule has 5 nitrogen and oxygen atoms in total. The second-order valence-electron chi connectivity index (χ2n) is 5.78. The van der Waals surface area contributed by atoms with Gasteiger partial charge in [-0.3, -0.25) is 4.79 Å². The van der Waals surface area contributed by atoms with Crippen molar-refractivity contribution >= 4 is 44.9 Å². The van der Waals surface area contributed by atoms with Gasteiger partial charge in [-0.2, -0.15) is 0 Å². The van der Waals surface area contributed by atoms with Gasteiger partial charge in [-0.15, -0.1) is 11.3 Å². The van der Waals surface area contributed by atoms with Crippen molar-refractivity contribution in [3.8, 4) is 0 Å². The van der Waals surface area contributed by atoms with Crippen molar-refractivity contribution in [2.75, 3.05) is 11.9 Å². The summed E-state index contributed by atoms with van der Waals surface area (Å²) >= 11 is 7.54. The van der Waals surface area contributed by atoms with E-state index >= 15 is 0 Å². The molecule has 0 saturated carbocycles. The number of aromatic nitrogens is 2. The minimum atomic E-state index is -0.255. The van der Waals surface area contributed by atoms with E-state index in [0.29, 0.717) is 5.82 Å². The predicted octanol–water partition coefficient (Wildman–Crippen LogP) is 3.23. The maximum absolute atomic E-state index is 11.9. The first-order chi connectivity index (χ1) is 9.78. The molecule has 0 atom stereocenters. The number of nitrogens with one attached hydrogen (secondary N) is 2. The van der Waals surface area contributed by atoms with E-state index < -0.39 is 0 Å². The van der Waals surface area contributed by atoms with Crippen molar-refractivity contribution < 1.29 is 4.79 Å². The van der Waals surface area contributed by atoms with Crippen molar-refractivity contribution in [2.45, 2.75) is 39.7 Å². The van der Waals surface area contributed by atoms with Gasteiger partial charge in [0.05, 0.1) is 11.9 Å². The normalized spacial score (nSPS) is 11.7. The molecule has 2 aromatic heterocycles. The van der Waals surface area contributed by atoms with Crippen LogP contribution in [0.1, 0.15) is 32.6 Å². The number of hydrogen-bond donors (Lipinski definition) is 2. The SMILES string of the molecule is CCc1cc2c(NCC(=O)NC(C)(C)C)nc(Cl)nc2s1. The molecule has 0 bridgehead atoms. The van der Waals surface area contributed by atoms with Gasteiger partial charge < -0.3 is 10.6 Å². The van der Waals surface area contributed by atoms with Gasteiger partial charge in [-0.1, -0.05) is 6.92 Å². The summed E-state index contributed by atoms with van der Waals surface area (Å²) in [5.74, 6) is 0.515. The number of aryl methyl sites for hydroxylation is 1. The van der Waals surface area contributed by atoms with Crippen molar-refractivity contribution in [3.63, 3.8) is 0 Å². The summed E-state index contributed by atoms with van der Waals surface area (Å²) in [6, 6.07) is 2.04. The first-order valence-corrected chi connectivity index (χ1v) is 7.99. The van der Waals surface area contributed by atoms with E-state index in [1.165, 1.54) is 4.88 Å². The standard InChI is InChI=1S/C14H19ClN4OS/c1-5-8-6-9-11(17-13(15)18-12(9)21-8)16-7-10(20)19-14(2,3)4/h6H,5,7H2,1-4H3,(H,19,20)(H,16,17,18). The lowest BCUT2D eigenvalue weighted by atomic mass is 10.1. The molecule has 0 aliphatic carbocycles. The molecular weight excluding hydrogens is 308 g/mol. The highest BCUT2D eigenvalue weighted by molar-refractivity contribution is 7.18. The van der Waals surface area contributed by atoms with Gasteiger partial charge in [0.25, 0.3) is 0 Å². The predicted molar refractivity (Wildman–Crippen MR) is 88.2 cm³/mol. The summed E-state index contributed by atoms with van der Waals surface area (Å²) in [6.45, 7) is 8.06. The molecule has 2 rings (SSSR count). The summed E-state index contributed by atoms with van der Waals surface area (Å²) in [4.78, 5) is 22.3. The molecule has 7 heteroatoms. The van der Waals surface area contributed by atoms with E-state index in [9.17, 15) is 4.79 Å². The van der Waals surface area contributed by atoms with Crippen molar-refractivity contribution in [1.29, 1.82) is 0 Å². The van der Waals surface area contributed by atoms with Crippen molar-refractivity contribution in [1.82, 2.24) is 15.3 Å². The zero-order valence-corrected chi connectivity index (χ0v) is 14.2. The number of carbonyl (C=O) groups excluding carboxylic acids is 1. The molecule has 0 spiro atoms. The van der Waals surface area contributed by atoms with Crippen LogP contribution in [0.3, 0.4) is 0 Å². The van der Waals surface area contributed by atoms with Crippen LogP contribution in [0.15, 0.2) is 6.07 Å². The molecule has 0 fully saturated rings. The van der Waals surface area contributed by atoms with E-state index in [0.717, 1.165) is 16.6 Å². The molecule has 2 heterocycles. The fourth-order valence-electron chi connectivity index (χ4n) is 1.88. The average Bonchev–Trinajstić information content (AvgIpc) is 2.76. The zero-order valence-electron chi connectivity index (χ0n) is 12.6. The van der Waals surface area contributed by atoms with Crippen LogP contribution in [0.25, 0.3) is 10.2 Å². The molecule has 0 aromatic carbocycles. The van der Waals surface area contributed by atoms with Crippen molar-refractivity contribution in [2.24, 2.45) is 0 Å². The van der Waals surface area contributed by atoms with E-state index in [2.05, 4.69) is 27.5 Å². The van der Waals surface area contributed by atoms with E-state index in [-0.39, 0.29) is 23.3 Å². The Labute approximate surface area is 133 Å². The third-order valence-corrected chi connectivity index (χ3v) is 4.04. The highest BCUT2D eigenvalue weighted by atomic mass is 35.5. The number of rotatable bonds is 4. The second-order valence-corrected chi connectivity index (χ2v) is 7.23. The highest BCUT2D eigenvalue weighted by Crippen LogP contribution is 2.30. The Morgan fingerprint density at radius 1 is 1.38 bits per heavy atom. The number of anilines is 1. The lowest BCUT2D eigenvalue weighted by Crippen LogP contribution is -2.43. The minimum Gasteiger partial charge on any atom is -0.360 e. The molecule has 114 valence electrons.